The molecule has 3 atom stereocenters. The first kappa shape index (κ1) is 19.9. The third-order valence-electron chi connectivity index (χ3n) is 6.18. The number of β-lactam (4-membered cyclic amide) rings is 1. The number of carbonyl (C=O) groups is 4. The van der Waals surface area contributed by atoms with E-state index < -0.39 is 43.3 Å². The Morgan fingerprint density at radius 2 is 1.85 bits per heavy atom. The van der Waals surface area contributed by atoms with Crippen molar-refractivity contribution in [3.8, 4) is 0 Å². The Balaban J connectivity index is 1.89. The summed E-state index contributed by atoms with van der Waals surface area (Å²) in [6.45, 7) is 4.52. The summed E-state index contributed by atoms with van der Waals surface area (Å²) in [5, 5.41) is 19.0. The molecule has 0 aliphatic carbocycles. The molecule has 152 valence electrons. The number of amides is 3. The highest BCUT2D eigenvalue weighted by atomic mass is 32.3. The van der Waals surface area contributed by atoms with Crippen molar-refractivity contribution >= 4 is 33.1 Å². The van der Waals surface area contributed by atoms with Gasteiger partial charge in [0.05, 0.1) is 17.7 Å². The minimum Gasteiger partial charge on any atom is -0.480 e. The molecule has 3 aliphatic heterocycles. The second kappa shape index (κ2) is 6.66. The molecule has 3 amide bonds. The molecular weight excluding hydrogens is 374 g/mol. The quantitative estimate of drug-likeness (QED) is 0.651. The van der Waals surface area contributed by atoms with Crippen LogP contribution in [0.5, 0.6) is 0 Å². The summed E-state index contributed by atoms with van der Waals surface area (Å²) in [7, 11) is -1.09. The standard InChI is InChI=1S/C17H27N3O6S/c1-17(2)14(15(24)25)20-11(22)8-13(20)27(17,10-21)16(26)18(3)9-12(23)19-6-4-5-7-19/h13-14,21H,4-10H2,1-3H3,(H,24,25)/t13-,14+/m1/s1. The van der Waals surface area contributed by atoms with Crippen LogP contribution in [0, 0.1) is 0 Å². The predicted octanol–water partition coefficient (Wildman–Crippen LogP) is 0.219. The molecule has 9 nitrogen and oxygen atoms in total. The van der Waals surface area contributed by atoms with Crippen molar-refractivity contribution in [1.29, 1.82) is 0 Å². The Morgan fingerprint density at radius 1 is 1.26 bits per heavy atom. The molecule has 0 radical (unpaired) electrons. The topological polar surface area (TPSA) is 118 Å². The van der Waals surface area contributed by atoms with Crippen LogP contribution in [-0.4, -0.2) is 96.7 Å². The molecule has 3 heterocycles. The van der Waals surface area contributed by atoms with Gasteiger partial charge in [0.1, 0.15) is 12.6 Å². The summed E-state index contributed by atoms with van der Waals surface area (Å²) in [6.07, 6.45) is 1.95. The largest absolute Gasteiger partial charge is 0.480 e. The molecule has 0 saturated carbocycles. The fourth-order valence-electron chi connectivity index (χ4n) is 4.61. The van der Waals surface area contributed by atoms with E-state index in [0.717, 1.165) is 12.8 Å². The van der Waals surface area contributed by atoms with Gasteiger partial charge in [-0.2, -0.15) is 0 Å². The summed E-state index contributed by atoms with van der Waals surface area (Å²) < 4.78 is -1.10. The fraction of sp³-hybridized carbons (Fsp3) is 0.765. The zero-order chi connectivity index (χ0) is 20.1. The summed E-state index contributed by atoms with van der Waals surface area (Å²) in [6, 6.07) is -1.16. The molecule has 3 fully saturated rings. The van der Waals surface area contributed by atoms with Gasteiger partial charge in [0.15, 0.2) is 0 Å². The highest BCUT2D eigenvalue weighted by Gasteiger charge is 2.71. The van der Waals surface area contributed by atoms with E-state index in [1.54, 1.807) is 18.7 Å². The molecule has 3 rings (SSSR count). The number of hydrogen-bond donors (Lipinski definition) is 2. The van der Waals surface area contributed by atoms with Gasteiger partial charge >= 0.3 is 5.97 Å². The Kier molecular flexibility index (Phi) is 4.92. The van der Waals surface area contributed by atoms with Crippen molar-refractivity contribution < 1.29 is 29.4 Å². The summed E-state index contributed by atoms with van der Waals surface area (Å²) in [4.78, 5) is 54.1. The first-order valence-electron chi connectivity index (χ1n) is 9.06. The highest BCUT2D eigenvalue weighted by molar-refractivity contribution is 8.46. The van der Waals surface area contributed by atoms with Crippen molar-refractivity contribution in [3.05, 3.63) is 0 Å². The third kappa shape index (κ3) is 2.64. The molecular formula is C17H27N3O6S. The minimum absolute atomic E-state index is 0.0583. The van der Waals surface area contributed by atoms with Crippen LogP contribution < -0.4 is 0 Å². The molecule has 0 aromatic heterocycles. The van der Waals surface area contributed by atoms with Crippen LogP contribution in [0.1, 0.15) is 33.1 Å². The predicted molar refractivity (Wildman–Crippen MR) is 99.3 cm³/mol. The van der Waals surface area contributed by atoms with Crippen LogP contribution in [0.25, 0.3) is 0 Å². The van der Waals surface area contributed by atoms with Crippen LogP contribution in [0.2, 0.25) is 0 Å². The Labute approximate surface area is 159 Å². The summed E-state index contributed by atoms with van der Waals surface area (Å²) in [5.74, 6) is -2.14. The molecule has 0 spiro atoms. The van der Waals surface area contributed by atoms with Gasteiger partial charge in [0, 0.05) is 24.9 Å². The lowest BCUT2D eigenvalue weighted by molar-refractivity contribution is -0.157. The third-order valence-corrected chi connectivity index (χ3v) is 10.9. The van der Waals surface area contributed by atoms with Gasteiger partial charge in [-0.25, -0.2) is 4.79 Å². The van der Waals surface area contributed by atoms with E-state index in [9.17, 15) is 29.4 Å². The van der Waals surface area contributed by atoms with Crippen LogP contribution >= 0.6 is 10.0 Å². The number of carbonyl (C=O) groups excluding carboxylic acids is 3. The molecule has 27 heavy (non-hydrogen) atoms. The van der Waals surface area contributed by atoms with E-state index in [-0.39, 0.29) is 24.8 Å². The summed E-state index contributed by atoms with van der Waals surface area (Å²) in [5.41, 5.74) is 0. The maximum absolute atomic E-state index is 13.4. The van der Waals surface area contributed by atoms with Gasteiger partial charge in [0.25, 0.3) is 5.24 Å². The first-order chi connectivity index (χ1) is 12.6. The number of likely N-dealkylation sites (N-methyl/N-ethyl adjacent to an activating group) is 1. The Bertz CT molecular complexity index is 692. The van der Waals surface area contributed by atoms with E-state index >= 15 is 0 Å². The highest BCUT2D eigenvalue weighted by Crippen LogP contribution is 2.74. The van der Waals surface area contributed by atoms with Gasteiger partial charge in [-0.05, 0) is 26.7 Å². The van der Waals surface area contributed by atoms with Crippen LogP contribution in [0.3, 0.4) is 0 Å². The van der Waals surface area contributed by atoms with Crippen molar-refractivity contribution in [2.24, 2.45) is 0 Å². The number of carboxylic acids is 1. The van der Waals surface area contributed by atoms with E-state index in [1.807, 2.05) is 0 Å². The van der Waals surface area contributed by atoms with Crippen molar-refractivity contribution in [3.63, 3.8) is 0 Å². The average molecular weight is 401 g/mol. The second-order valence-corrected chi connectivity index (χ2v) is 11.7. The first-order valence-corrected chi connectivity index (χ1v) is 10.9. The molecule has 2 N–H and O–H groups in total. The van der Waals surface area contributed by atoms with Crippen molar-refractivity contribution in [2.75, 3.05) is 32.6 Å². The molecule has 10 heteroatoms. The van der Waals surface area contributed by atoms with Crippen LogP contribution in [0.4, 0.5) is 4.79 Å². The molecule has 3 saturated heterocycles. The van der Waals surface area contributed by atoms with Gasteiger partial charge in [-0.3, -0.25) is 14.4 Å². The SMILES string of the molecule is CN(CC(=O)N1CCCC1)C(=O)S1(CO)[C@@H]2CC(=O)N2[C@@H](C(=O)O)C1(C)C. The number of likely N-dealkylation sites (tertiary alicyclic amines) is 1. The number of hydrogen-bond acceptors (Lipinski definition) is 5. The lowest BCUT2D eigenvalue weighted by Crippen LogP contribution is -2.57. The zero-order valence-corrected chi connectivity index (χ0v) is 16.7. The number of rotatable bonds is 4. The number of aliphatic hydroxyl groups is 1. The molecule has 3 aliphatic rings. The molecule has 0 aromatic carbocycles. The minimum atomic E-state index is -2.60. The van der Waals surface area contributed by atoms with Gasteiger partial charge in [-0.1, -0.05) is 0 Å². The monoisotopic (exact) mass is 401 g/mol. The smallest absolute Gasteiger partial charge is 0.327 e. The molecule has 0 bridgehead atoms. The second-order valence-electron chi connectivity index (χ2n) is 7.94. The average Bonchev–Trinajstić information content (AvgIpc) is 3.17. The van der Waals surface area contributed by atoms with Gasteiger partial charge in [-0.15, -0.1) is 10.0 Å². The van der Waals surface area contributed by atoms with E-state index in [1.165, 1.54) is 16.8 Å². The lowest BCUT2D eigenvalue weighted by atomic mass is 9.98. The molecule has 0 aromatic rings. The number of fused-ring (bicyclic) bond motifs is 1. The number of carboxylic acid groups (broad SMARTS) is 1. The van der Waals surface area contributed by atoms with E-state index in [4.69, 9.17) is 0 Å². The maximum atomic E-state index is 13.4. The fourth-order valence-corrected chi connectivity index (χ4v) is 8.90. The van der Waals surface area contributed by atoms with Crippen LogP contribution in [0.15, 0.2) is 0 Å². The zero-order valence-electron chi connectivity index (χ0n) is 15.9. The van der Waals surface area contributed by atoms with Crippen LogP contribution in [-0.2, 0) is 14.4 Å². The van der Waals surface area contributed by atoms with E-state index in [0.29, 0.717) is 13.1 Å². The van der Waals surface area contributed by atoms with Gasteiger partial charge < -0.3 is 24.9 Å². The van der Waals surface area contributed by atoms with Crippen molar-refractivity contribution in [2.45, 2.75) is 49.3 Å². The Hall–Kier alpha value is -1.81. The van der Waals surface area contributed by atoms with Gasteiger partial charge in [0.2, 0.25) is 11.8 Å². The molecule has 1 unspecified atom stereocenters. The van der Waals surface area contributed by atoms with Crippen molar-refractivity contribution in [1.82, 2.24) is 14.7 Å². The number of aliphatic carboxylic acids is 1. The van der Waals surface area contributed by atoms with E-state index in [2.05, 4.69) is 0 Å². The number of nitrogens with zero attached hydrogens (tertiary/aromatic N) is 3. The maximum Gasteiger partial charge on any atom is 0.327 e. The number of aliphatic hydroxyl groups excluding tert-OH is 1. The lowest BCUT2D eigenvalue weighted by Gasteiger charge is -2.50. The Morgan fingerprint density at radius 3 is 2.30 bits per heavy atom. The summed E-state index contributed by atoms with van der Waals surface area (Å²) >= 11 is 0. The normalized spacial score (nSPS) is 33.9.